The summed E-state index contributed by atoms with van der Waals surface area (Å²) in [7, 11) is -2.31. The Morgan fingerprint density at radius 3 is 1.83 bits per heavy atom. The molecule has 0 saturated heterocycles. The van der Waals surface area contributed by atoms with E-state index in [1.807, 2.05) is 13.8 Å². The van der Waals surface area contributed by atoms with Crippen molar-refractivity contribution in [2.24, 2.45) is 5.92 Å². The smallest absolute Gasteiger partial charge is 0.481 e. The number of hydrogen-bond acceptors (Lipinski definition) is 8. The summed E-state index contributed by atoms with van der Waals surface area (Å²) in [4.78, 5) is 51.3. The summed E-state index contributed by atoms with van der Waals surface area (Å²) in [5.41, 5.74) is 2.80. The zero-order valence-electron chi connectivity index (χ0n) is 23.0. The molecule has 4 rings (SSSR count). The lowest BCUT2D eigenvalue weighted by molar-refractivity contribution is -0.137. The van der Waals surface area contributed by atoms with Crippen molar-refractivity contribution in [3.63, 3.8) is 0 Å². The molecule has 3 amide bonds. The lowest BCUT2D eigenvalue weighted by Crippen LogP contribution is -2.59. The van der Waals surface area contributed by atoms with Crippen LogP contribution in [0.4, 0.5) is 0 Å². The predicted octanol–water partition coefficient (Wildman–Crippen LogP) is -0.955. The first kappa shape index (κ1) is 30.3. The van der Waals surface area contributed by atoms with Gasteiger partial charge in [0.2, 0.25) is 5.91 Å². The van der Waals surface area contributed by atoms with Crippen molar-refractivity contribution in [3.8, 4) is 0 Å². The molecule has 2 aliphatic heterocycles. The quantitative estimate of drug-likeness (QED) is 0.187. The largest absolute Gasteiger partial charge is 0.491 e. The van der Waals surface area contributed by atoms with Crippen LogP contribution in [0, 0.1) is 5.92 Å². The SMILES string of the molecule is CC(C)CC(CC(=O)O)NC(=O)[C@@H](NC(=O)c1ccc2c(c1)B(O)OC2)[C@H](C)NC(=O)c1ccc2c(c1)B(O)OC2. The summed E-state index contributed by atoms with van der Waals surface area (Å²) in [6.45, 7) is 5.77. The summed E-state index contributed by atoms with van der Waals surface area (Å²) >= 11 is 0. The van der Waals surface area contributed by atoms with Gasteiger partial charge < -0.3 is 40.4 Å². The second-order valence-electron chi connectivity index (χ2n) is 10.8. The van der Waals surface area contributed by atoms with Crippen LogP contribution in [0.1, 0.15) is 65.5 Å². The number of nitrogens with one attached hydrogen (secondary N) is 3. The average Bonchev–Trinajstić information content (AvgIpc) is 3.47. The second-order valence-corrected chi connectivity index (χ2v) is 10.8. The lowest BCUT2D eigenvalue weighted by Gasteiger charge is -2.28. The summed E-state index contributed by atoms with van der Waals surface area (Å²) in [5, 5.41) is 37.5. The number of amides is 3. The average molecular weight is 565 g/mol. The Balaban J connectivity index is 1.55. The van der Waals surface area contributed by atoms with Gasteiger partial charge in [0.25, 0.3) is 11.8 Å². The highest BCUT2D eigenvalue weighted by atomic mass is 16.5. The van der Waals surface area contributed by atoms with Crippen molar-refractivity contribution in [1.29, 1.82) is 0 Å². The van der Waals surface area contributed by atoms with Gasteiger partial charge in [-0.3, -0.25) is 19.2 Å². The van der Waals surface area contributed by atoms with E-state index >= 15 is 0 Å². The van der Waals surface area contributed by atoms with E-state index in [-0.39, 0.29) is 36.7 Å². The highest BCUT2D eigenvalue weighted by molar-refractivity contribution is 6.62. The van der Waals surface area contributed by atoms with Crippen molar-refractivity contribution in [1.82, 2.24) is 16.0 Å². The van der Waals surface area contributed by atoms with Crippen LogP contribution in [0.3, 0.4) is 0 Å². The van der Waals surface area contributed by atoms with Gasteiger partial charge in [0.05, 0.1) is 25.7 Å². The van der Waals surface area contributed by atoms with Gasteiger partial charge in [-0.15, -0.1) is 0 Å². The maximum absolute atomic E-state index is 13.5. The van der Waals surface area contributed by atoms with Crippen molar-refractivity contribution in [2.75, 3.05) is 0 Å². The molecule has 0 fully saturated rings. The highest BCUT2D eigenvalue weighted by Crippen LogP contribution is 2.14. The minimum Gasteiger partial charge on any atom is -0.481 e. The third kappa shape index (κ3) is 7.33. The van der Waals surface area contributed by atoms with Crippen molar-refractivity contribution in [3.05, 3.63) is 58.7 Å². The molecule has 0 aliphatic carbocycles. The Hall–Kier alpha value is -3.71. The zero-order valence-corrected chi connectivity index (χ0v) is 23.0. The molecule has 2 aromatic rings. The number of aliphatic carboxylic acids is 1. The number of fused-ring (bicyclic) bond motifs is 2. The third-order valence-electron chi connectivity index (χ3n) is 7.09. The van der Waals surface area contributed by atoms with Gasteiger partial charge in [-0.05, 0) is 65.6 Å². The summed E-state index contributed by atoms with van der Waals surface area (Å²) in [6.07, 6.45) is 0.0786. The predicted molar refractivity (Wildman–Crippen MR) is 149 cm³/mol. The number of benzene rings is 2. The minimum absolute atomic E-state index is 0.0871. The Bertz CT molecular complexity index is 1340. The van der Waals surface area contributed by atoms with Crippen molar-refractivity contribution >= 4 is 48.9 Å². The van der Waals surface area contributed by atoms with E-state index in [2.05, 4.69) is 16.0 Å². The molecule has 2 aliphatic rings. The number of carboxylic acids is 1. The van der Waals surface area contributed by atoms with Gasteiger partial charge >= 0.3 is 20.2 Å². The zero-order chi connectivity index (χ0) is 29.8. The maximum atomic E-state index is 13.5. The Kier molecular flexibility index (Phi) is 9.49. The lowest BCUT2D eigenvalue weighted by atomic mass is 9.78. The first-order valence-electron chi connectivity index (χ1n) is 13.4. The van der Waals surface area contributed by atoms with Crippen LogP contribution in [-0.2, 0) is 32.1 Å². The van der Waals surface area contributed by atoms with Crippen LogP contribution in [0.5, 0.6) is 0 Å². The molecule has 6 N–H and O–H groups in total. The van der Waals surface area contributed by atoms with Gasteiger partial charge in [0.15, 0.2) is 0 Å². The fourth-order valence-corrected chi connectivity index (χ4v) is 4.99. The fraction of sp³-hybridized carbons (Fsp3) is 0.407. The first-order chi connectivity index (χ1) is 19.4. The molecule has 0 aromatic heterocycles. The molecule has 2 aromatic carbocycles. The van der Waals surface area contributed by atoms with Crippen LogP contribution in [0.2, 0.25) is 0 Å². The molecular formula is C27H33B2N3O9. The number of carbonyl (C=O) groups excluding carboxylic acids is 3. The van der Waals surface area contributed by atoms with Crippen LogP contribution in [0.25, 0.3) is 0 Å². The van der Waals surface area contributed by atoms with Gasteiger partial charge in [0, 0.05) is 17.2 Å². The van der Waals surface area contributed by atoms with Crippen LogP contribution in [-0.4, -0.2) is 71.2 Å². The number of carbonyl (C=O) groups is 4. The molecule has 41 heavy (non-hydrogen) atoms. The van der Waals surface area contributed by atoms with E-state index in [9.17, 15) is 34.3 Å². The molecule has 14 heteroatoms. The standard InChI is InChI=1S/C27H33B2N3O9/c1-14(2)8-20(11-23(33)34)31-27(37)24(32-26(36)17-5-7-19-13-41-29(39)22(19)10-17)15(3)30-25(35)16-4-6-18-12-40-28(38)21(18)9-16/h4-7,9-10,14-15,20,24,38-39H,8,11-13H2,1-3H3,(H,30,35)(H,31,37)(H,32,36)(H,33,34)/t15-,20?,24-/m0/s1. The van der Waals surface area contributed by atoms with Gasteiger partial charge in [0.1, 0.15) is 6.04 Å². The second kappa shape index (κ2) is 12.9. The normalized spacial score (nSPS) is 16.0. The van der Waals surface area contributed by atoms with E-state index in [0.29, 0.717) is 17.3 Å². The van der Waals surface area contributed by atoms with Gasteiger partial charge in [-0.2, -0.15) is 0 Å². The van der Waals surface area contributed by atoms with Crippen molar-refractivity contribution in [2.45, 2.75) is 65.0 Å². The fourth-order valence-electron chi connectivity index (χ4n) is 4.99. The number of carboxylic acid groups (broad SMARTS) is 1. The Morgan fingerprint density at radius 2 is 1.34 bits per heavy atom. The summed E-state index contributed by atoms with van der Waals surface area (Å²) in [6, 6.07) is 6.49. The summed E-state index contributed by atoms with van der Waals surface area (Å²) < 4.78 is 10.4. The van der Waals surface area contributed by atoms with Crippen molar-refractivity contribution < 1.29 is 43.6 Å². The van der Waals surface area contributed by atoms with E-state index in [1.165, 1.54) is 18.2 Å². The maximum Gasteiger partial charge on any atom is 0.491 e. The number of rotatable bonds is 11. The minimum atomic E-state index is -1.28. The molecule has 2 heterocycles. The van der Waals surface area contributed by atoms with Crippen LogP contribution >= 0.6 is 0 Å². The highest BCUT2D eigenvalue weighted by Gasteiger charge is 2.33. The monoisotopic (exact) mass is 565 g/mol. The van der Waals surface area contributed by atoms with Gasteiger partial charge in [-0.1, -0.05) is 26.0 Å². The third-order valence-corrected chi connectivity index (χ3v) is 7.09. The molecular weight excluding hydrogens is 532 g/mol. The Morgan fingerprint density at radius 1 is 0.829 bits per heavy atom. The molecule has 216 valence electrons. The van der Waals surface area contributed by atoms with E-state index in [4.69, 9.17) is 9.31 Å². The van der Waals surface area contributed by atoms with Crippen LogP contribution < -0.4 is 26.9 Å². The molecule has 0 saturated carbocycles. The molecule has 0 spiro atoms. The molecule has 3 atom stereocenters. The molecule has 0 radical (unpaired) electrons. The first-order valence-corrected chi connectivity index (χ1v) is 13.4. The van der Waals surface area contributed by atoms with E-state index in [0.717, 1.165) is 11.1 Å². The van der Waals surface area contributed by atoms with Crippen LogP contribution in [0.15, 0.2) is 36.4 Å². The molecule has 0 bridgehead atoms. The van der Waals surface area contributed by atoms with E-state index < -0.39 is 56.1 Å². The topological polar surface area (TPSA) is 184 Å². The van der Waals surface area contributed by atoms with E-state index in [1.54, 1.807) is 25.1 Å². The summed E-state index contributed by atoms with van der Waals surface area (Å²) in [5.74, 6) is -2.85. The molecule has 12 nitrogen and oxygen atoms in total. The molecule has 1 unspecified atom stereocenters. The number of hydrogen-bond donors (Lipinski definition) is 6. The van der Waals surface area contributed by atoms with Gasteiger partial charge in [-0.25, -0.2) is 0 Å². The Labute approximate surface area is 238 Å².